The Balaban J connectivity index is 2.14. The van der Waals surface area contributed by atoms with Crippen molar-refractivity contribution >= 4 is 38.2 Å². The third kappa shape index (κ3) is 2.36. The number of nitrogens with one attached hydrogen (secondary N) is 1. The van der Waals surface area contributed by atoms with Crippen LogP contribution in [0, 0.1) is 11.3 Å². The Morgan fingerprint density at radius 3 is 2.55 bits per heavy atom. The molecule has 1 aromatic heterocycles. The first-order valence-electron chi connectivity index (χ1n) is 6.08. The van der Waals surface area contributed by atoms with Crippen molar-refractivity contribution in [2.75, 3.05) is 5.32 Å². The molecule has 0 fully saturated rings. The van der Waals surface area contributed by atoms with Gasteiger partial charge in [-0.05, 0) is 30.3 Å². The zero-order valence-electron chi connectivity index (χ0n) is 10.5. The lowest BCUT2D eigenvalue weighted by Crippen LogP contribution is -1.96. The van der Waals surface area contributed by atoms with Gasteiger partial charge in [-0.3, -0.25) is 4.98 Å². The Bertz CT molecular complexity index is 804. The summed E-state index contributed by atoms with van der Waals surface area (Å²) in [6, 6.07) is 17.8. The molecule has 0 atom stereocenters. The highest BCUT2D eigenvalue weighted by atomic mass is 79.9. The van der Waals surface area contributed by atoms with Crippen molar-refractivity contribution in [1.82, 2.24) is 4.98 Å². The highest BCUT2D eigenvalue weighted by Gasteiger charge is 2.08. The second kappa shape index (κ2) is 5.32. The van der Waals surface area contributed by atoms with Gasteiger partial charge in [0.05, 0.1) is 16.8 Å². The fourth-order valence-corrected chi connectivity index (χ4v) is 2.30. The molecule has 0 unspecified atom stereocenters. The van der Waals surface area contributed by atoms with E-state index < -0.39 is 0 Å². The number of rotatable bonds is 2. The maximum Gasteiger partial charge on any atom is 0.103 e. The molecule has 3 nitrogen and oxygen atoms in total. The van der Waals surface area contributed by atoms with Gasteiger partial charge in [0, 0.05) is 21.7 Å². The molecule has 0 saturated heterocycles. The summed E-state index contributed by atoms with van der Waals surface area (Å²) < 4.78 is 1.02. The monoisotopic (exact) mass is 323 g/mol. The molecular weight excluding hydrogens is 314 g/mol. The van der Waals surface area contributed by atoms with Crippen molar-refractivity contribution in [3.8, 4) is 6.07 Å². The molecule has 0 aliphatic rings. The molecule has 0 amide bonds. The summed E-state index contributed by atoms with van der Waals surface area (Å²) in [5.41, 5.74) is 3.12. The van der Waals surface area contributed by atoms with Crippen LogP contribution in [0.1, 0.15) is 5.56 Å². The second-order valence-corrected chi connectivity index (χ2v) is 5.22. The lowest BCUT2D eigenvalue weighted by atomic mass is 10.1. The van der Waals surface area contributed by atoms with E-state index >= 15 is 0 Å². The molecule has 0 spiro atoms. The van der Waals surface area contributed by atoms with Gasteiger partial charge in [0.25, 0.3) is 0 Å². The Hall–Kier alpha value is -2.38. The van der Waals surface area contributed by atoms with Crippen LogP contribution >= 0.6 is 15.9 Å². The van der Waals surface area contributed by atoms with Crippen molar-refractivity contribution in [3.05, 3.63) is 64.8 Å². The Labute approximate surface area is 125 Å². The lowest BCUT2D eigenvalue weighted by Gasteiger charge is -2.11. The number of aromatic nitrogens is 1. The van der Waals surface area contributed by atoms with Crippen LogP contribution in [0.25, 0.3) is 10.9 Å². The van der Waals surface area contributed by atoms with Crippen molar-refractivity contribution in [3.63, 3.8) is 0 Å². The SMILES string of the molecule is N#Cc1cnc2ccccc2c1Nc1ccc(Br)cc1. The molecule has 3 rings (SSSR count). The van der Waals surface area contributed by atoms with Crippen molar-refractivity contribution in [1.29, 1.82) is 5.26 Å². The Morgan fingerprint density at radius 2 is 1.80 bits per heavy atom. The van der Waals surface area contributed by atoms with Gasteiger partial charge in [0.1, 0.15) is 6.07 Å². The summed E-state index contributed by atoms with van der Waals surface area (Å²) in [5, 5.41) is 13.5. The van der Waals surface area contributed by atoms with E-state index in [4.69, 9.17) is 0 Å². The van der Waals surface area contributed by atoms with Crippen LogP contribution in [-0.2, 0) is 0 Å². The average molecular weight is 324 g/mol. The van der Waals surface area contributed by atoms with Gasteiger partial charge in [-0.2, -0.15) is 5.26 Å². The summed E-state index contributed by atoms with van der Waals surface area (Å²) in [6.45, 7) is 0. The number of halogens is 1. The molecule has 0 aliphatic heterocycles. The zero-order chi connectivity index (χ0) is 13.9. The van der Waals surface area contributed by atoms with Gasteiger partial charge >= 0.3 is 0 Å². The first kappa shape index (κ1) is 12.6. The molecule has 96 valence electrons. The van der Waals surface area contributed by atoms with Crippen LogP contribution in [0.15, 0.2) is 59.2 Å². The first-order chi connectivity index (χ1) is 9.78. The summed E-state index contributed by atoms with van der Waals surface area (Å²) in [6.07, 6.45) is 1.60. The van der Waals surface area contributed by atoms with Crippen molar-refractivity contribution in [2.24, 2.45) is 0 Å². The van der Waals surface area contributed by atoms with E-state index in [1.807, 2.05) is 48.5 Å². The van der Waals surface area contributed by atoms with Gasteiger partial charge in [0.15, 0.2) is 0 Å². The van der Waals surface area contributed by atoms with E-state index in [1.165, 1.54) is 0 Å². The van der Waals surface area contributed by atoms with E-state index in [2.05, 4.69) is 32.3 Å². The molecule has 1 N–H and O–H groups in total. The van der Waals surface area contributed by atoms with E-state index in [0.717, 1.165) is 26.8 Å². The van der Waals surface area contributed by atoms with Gasteiger partial charge in [-0.15, -0.1) is 0 Å². The van der Waals surface area contributed by atoms with Crippen LogP contribution in [0.5, 0.6) is 0 Å². The number of anilines is 2. The maximum absolute atomic E-state index is 9.26. The maximum atomic E-state index is 9.26. The third-order valence-corrected chi connectivity index (χ3v) is 3.54. The Kier molecular flexibility index (Phi) is 3.36. The zero-order valence-corrected chi connectivity index (χ0v) is 12.1. The molecule has 0 aliphatic carbocycles. The molecule has 0 radical (unpaired) electrons. The molecular formula is C16H10BrN3. The van der Waals surface area contributed by atoms with Gasteiger partial charge in [-0.25, -0.2) is 0 Å². The minimum absolute atomic E-state index is 0.534. The molecule has 2 aromatic carbocycles. The fourth-order valence-electron chi connectivity index (χ4n) is 2.04. The molecule has 1 heterocycles. The standard InChI is InChI=1S/C16H10BrN3/c17-12-5-7-13(8-6-12)20-16-11(9-18)10-19-15-4-2-1-3-14(15)16/h1-8,10H,(H,19,20). The van der Waals surface area contributed by atoms with Gasteiger partial charge in [0.2, 0.25) is 0 Å². The predicted octanol–water partition coefficient (Wildman–Crippen LogP) is 4.61. The average Bonchev–Trinajstić information content (AvgIpc) is 2.50. The minimum Gasteiger partial charge on any atom is -0.354 e. The smallest absolute Gasteiger partial charge is 0.103 e. The predicted molar refractivity (Wildman–Crippen MR) is 83.9 cm³/mol. The molecule has 4 heteroatoms. The third-order valence-electron chi connectivity index (χ3n) is 3.01. The van der Waals surface area contributed by atoms with Gasteiger partial charge < -0.3 is 5.32 Å². The highest BCUT2D eigenvalue weighted by molar-refractivity contribution is 9.10. The summed E-state index contributed by atoms with van der Waals surface area (Å²) in [5.74, 6) is 0. The lowest BCUT2D eigenvalue weighted by molar-refractivity contribution is 1.36. The number of hydrogen-bond acceptors (Lipinski definition) is 3. The van der Waals surface area contributed by atoms with Crippen LogP contribution in [0.3, 0.4) is 0 Å². The fraction of sp³-hybridized carbons (Fsp3) is 0. The normalized spacial score (nSPS) is 10.2. The van der Waals surface area contributed by atoms with Crippen LogP contribution in [0.2, 0.25) is 0 Å². The number of nitrogens with zero attached hydrogens (tertiary/aromatic N) is 2. The van der Waals surface area contributed by atoms with Crippen LogP contribution in [-0.4, -0.2) is 4.98 Å². The van der Waals surface area contributed by atoms with Crippen molar-refractivity contribution < 1.29 is 0 Å². The molecule has 3 aromatic rings. The summed E-state index contributed by atoms with van der Waals surface area (Å²) in [4.78, 5) is 4.30. The van der Waals surface area contributed by atoms with E-state index in [1.54, 1.807) is 6.20 Å². The van der Waals surface area contributed by atoms with Gasteiger partial charge in [-0.1, -0.05) is 34.1 Å². The minimum atomic E-state index is 0.534. The summed E-state index contributed by atoms with van der Waals surface area (Å²) in [7, 11) is 0. The number of nitriles is 1. The number of fused-ring (bicyclic) bond motifs is 1. The number of pyridine rings is 1. The number of hydrogen-bond donors (Lipinski definition) is 1. The number of para-hydroxylation sites is 1. The second-order valence-electron chi connectivity index (χ2n) is 4.31. The Morgan fingerprint density at radius 1 is 1.05 bits per heavy atom. The summed E-state index contributed by atoms with van der Waals surface area (Å²) >= 11 is 3.41. The van der Waals surface area contributed by atoms with E-state index in [-0.39, 0.29) is 0 Å². The molecule has 0 saturated carbocycles. The first-order valence-corrected chi connectivity index (χ1v) is 6.87. The molecule has 20 heavy (non-hydrogen) atoms. The van der Waals surface area contributed by atoms with Crippen molar-refractivity contribution in [2.45, 2.75) is 0 Å². The van der Waals surface area contributed by atoms with Crippen LogP contribution in [0.4, 0.5) is 11.4 Å². The number of benzene rings is 2. The highest BCUT2D eigenvalue weighted by Crippen LogP contribution is 2.28. The topological polar surface area (TPSA) is 48.7 Å². The van der Waals surface area contributed by atoms with E-state index in [9.17, 15) is 5.26 Å². The quantitative estimate of drug-likeness (QED) is 0.749. The largest absolute Gasteiger partial charge is 0.354 e. The van der Waals surface area contributed by atoms with E-state index in [0.29, 0.717) is 5.56 Å². The molecule has 0 bridgehead atoms. The van der Waals surface area contributed by atoms with Crippen LogP contribution < -0.4 is 5.32 Å².